The van der Waals surface area contributed by atoms with Crippen LogP contribution in [0.25, 0.3) is 0 Å². The minimum Gasteiger partial charge on any atom is -0.346 e. The van der Waals surface area contributed by atoms with Crippen LogP contribution in [-0.4, -0.2) is 71.7 Å². The first-order valence-electron chi connectivity index (χ1n) is 14.2. The fourth-order valence-electron chi connectivity index (χ4n) is 4.83. The molecule has 10 heteroatoms. The first kappa shape index (κ1) is 33.1. The molecule has 0 aromatic carbocycles. The Balaban J connectivity index is 0.00000229. The van der Waals surface area contributed by atoms with Crippen LogP contribution in [0.15, 0.2) is 12.7 Å². The van der Waals surface area contributed by atoms with Gasteiger partial charge in [0.2, 0.25) is 17.6 Å². The number of Topliss-reactive ketones (excluding diaryl/α,β-unsaturated/α-hetero) is 1. The largest absolute Gasteiger partial charge is 0.346 e. The number of ketones is 1. The Morgan fingerprint density at radius 3 is 2.13 bits per heavy atom. The molecule has 0 radical (unpaired) electrons. The highest BCUT2D eigenvalue weighted by Gasteiger charge is 2.42. The third-order valence-corrected chi connectivity index (χ3v) is 6.52. The zero-order valence-electron chi connectivity index (χ0n) is 23.9. The molecule has 1 aliphatic heterocycles. The Labute approximate surface area is 228 Å². The van der Waals surface area contributed by atoms with E-state index in [0.29, 0.717) is 32.2 Å². The van der Waals surface area contributed by atoms with Crippen LogP contribution in [0.5, 0.6) is 0 Å². The van der Waals surface area contributed by atoms with Gasteiger partial charge in [0.25, 0.3) is 5.91 Å². The van der Waals surface area contributed by atoms with Gasteiger partial charge in [-0.25, -0.2) is 4.79 Å². The molecule has 216 valence electrons. The van der Waals surface area contributed by atoms with Gasteiger partial charge in [0, 0.05) is 19.1 Å². The Bertz CT molecular complexity index is 809. The van der Waals surface area contributed by atoms with Crippen molar-refractivity contribution in [3.8, 4) is 0 Å². The van der Waals surface area contributed by atoms with Crippen LogP contribution in [0.2, 0.25) is 0 Å². The fourth-order valence-corrected chi connectivity index (χ4v) is 4.83. The highest BCUT2D eigenvalue weighted by Crippen LogP contribution is 2.30. The predicted molar refractivity (Wildman–Crippen MR) is 148 cm³/mol. The van der Waals surface area contributed by atoms with E-state index in [-0.39, 0.29) is 24.4 Å². The molecule has 2 rings (SSSR count). The molecule has 2 aliphatic rings. The molecule has 3 atom stereocenters. The van der Waals surface area contributed by atoms with Crippen molar-refractivity contribution in [2.75, 3.05) is 13.1 Å². The summed E-state index contributed by atoms with van der Waals surface area (Å²) < 4.78 is 0. The molecule has 1 unspecified atom stereocenters. The molecule has 0 spiro atoms. The number of amides is 5. The third-order valence-electron chi connectivity index (χ3n) is 6.52. The Morgan fingerprint density at radius 1 is 0.947 bits per heavy atom. The first-order chi connectivity index (χ1) is 18.1. The summed E-state index contributed by atoms with van der Waals surface area (Å²) in [6, 6.07) is -2.89. The maximum absolute atomic E-state index is 13.6. The minimum absolute atomic E-state index is 0.0210. The smallest absolute Gasteiger partial charge is 0.315 e. The van der Waals surface area contributed by atoms with E-state index >= 15 is 0 Å². The molecule has 10 nitrogen and oxygen atoms in total. The van der Waals surface area contributed by atoms with Crippen molar-refractivity contribution in [2.45, 2.75) is 117 Å². The van der Waals surface area contributed by atoms with Crippen LogP contribution in [0.4, 0.5) is 4.79 Å². The van der Waals surface area contributed by atoms with Gasteiger partial charge in [-0.15, -0.1) is 6.58 Å². The van der Waals surface area contributed by atoms with Gasteiger partial charge in [-0.05, 0) is 51.9 Å². The average Bonchev–Trinajstić information content (AvgIpc) is 3.57. The number of hydrogen-bond donors (Lipinski definition) is 4. The quantitative estimate of drug-likeness (QED) is 0.225. The second kappa shape index (κ2) is 17.6. The SMILES string of the molecule is C=CCNC(=O)C(=O)C(CCC)NC(=O)[C@@H]1CCCN1C(=O)[C@@H](NC(=O)NC(C)C)C1CCCC1.CCC. The van der Waals surface area contributed by atoms with Crippen LogP contribution < -0.4 is 21.3 Å². The van der Waals surface area contributed by atoms with Crippen LogP contribution in [0.1, 0.15) is 92.4 Å². The van der Waals surface area contributed by atoms with Crippen LogP contribution >= 0.6 is 0 Å². The molecular weight excluding hydrogens is 486 g/mol. The molecule has 5 amide bonds. The van der Waals surface area contributed by atoms with E-state index < -0.39 is 41.8 Å². The molecule has 1 saturated carbocycles. The molecule has 0 bridgehead atoms. The van der Waals surface area contributed by atoms with Crippen molar-refractivity contribution in [3.05, 3.63) is 12.7 Å². The number of rotatable bonds is 12. The standard InChI is InChI=1S/C25H41N5O5.C3H8/c1-5-10-18(21(31)23(33)26-14-6-2)28-22(32)19-13-9-15-30(19)24(34)20(17-11-7-8-12-17)29-25(35)27-16(3)4;1-3-2/h6,16-20H,2,5,7-15H2,1,3-4H3,(H,26,33)(H,28,32)(H2,27,29,35);3H2,1-2H3/t18?,19-,20-;/m0./s1. The van der Waals surface area contributed by atoms with Crippen molar-refractivity contribution in [3.63, 3.8) is 0 Å². The maximum atomic E-state index is 13.6. The maximum Gasteiger partial charge on any atom is 0.315 e. The van der Waals surface area contributed by atoms with Gasteiger partial charge in [-0.2, -0.15) is 0 Å². The van der Waals surface area contributed by atoms with Gasteiger partial charge in [-0.1, -0.05) is 52.5 Å². The molecule has 38 heavy (non-hydrogen) atoms. The lowest BCUT2D eigenvalue weighted by atomic mass is 9.96. The minimum atomic E-state index is -0.963. The predicted octanol–water partition coefficient (Wildman–Crippen LogP) is 2.82. The summed E-state index contributed by atoms with van der Waals surface area (Å²) in [6.07, 6.45) is 8.42. The number of nitrogens with one attached hydrogen (secondary N) is 4. The Kier molecular flexibility index (Phi) is 15.3. The van der Waals surface area contributed by atoms with Crippen molar-refractivity contribution >= 4 is 29.5 Å². The van der Waals surface area contributed by atoms with Crippen molar-refractivity contribution in [1.82, 2.24) is 26.2 Å². The Morgan fingerprint density at radius 2 is 1.58 bits per heavy atom. The second-order valence-electron chi connectivity index (χ2n) is 10.4. The van der Waals surface area contributed by atoms with E-state index in [4.69, 9.17) is 0 Å². The van der Waals surface area contributed by atoms with E-state index in [9.17, 15) is 24.0 Å². The van der Waals surface area contributed by atoms with E-state index in [1.165, 1.54) is 17.4 Å². The van der Waals surface area contributed by atoms with Gasteiger partial charge in [0.05, 0.1) is 6.04 Å². The second-order valence-corrected chi connectivity index (χ2v) is 10.4. The van der Waals surface area contributed by atoms with Gasteiger partial charge in [0.15, 0.2) is 0 Å². The summed E-state index contributed by atoms with van der Waals surface area (Å²) in [6.45, 7) is 13.9. The van der Waals surface area contributed by atoms with Crippen LogP contribution in [-0.2, 0) is 19.2 Å². The van der Waals surface area contributed by atoms with Gasteiger partial charge < -0.3 is 26.2 Å². The molecule has 2 fully saturated rings. The summed E-state index contributed by atoms with van der Waals surface area (Å²) in [7, 11) is 0. The monoisotopic (exact) mass is 535 g/mol. The average molecular weight is 536 g/mol. The van der Waals surface area contributed by atoms with Gasteiger partial charge in [-0.3, -0.25) is 19.2 Å². The summed E-state index contributed by atoms with van der Waals surface area (Å²) >= 11 is 0. The number of nitrogens with zero attached hydrogens (tertiary/aromatic N) is 1. The topological polar surface area (TPSA) is 137 Å². The molecule has 4 N–H and O–H groups in total. The van der Waals surface area contributed by atoms with Gasteiger partial charge in [0.1, 0.15) is 12.1 Å². The third kappa shape index (κ3) is 10.5. The molecule has 0 aromatic rings. The van der Waals surface area contributed by atoms with E-state index in [0.717, 1.165) is 25.7 Å². The fraction of sp³-hybridized carbons (Fsp3) is 0.750. The number of likely N-dealkylation sites (tertiary alicyclic amines) is 1. The summed E-state index contributed by atoms with van der Waals surface area (Å²) in [5, 5.41) is 10.8. The lowest BCUT2D eigenvalue weighted by Crippen LogP contribution is -2.58. The number of carbonyl (C=O) groups is 5. The Hall–Kier alpha value is -2.91. The first-order valence-corrected chi connectivity index (χ1v) is 14.2. The van der Waals surface area contributed by atoms with Crippen molar-refractivity contribution < 1.29 is 24.0 Å². The highest BCUT2D eigenvalue weighted by atomic mass is 16.2. The molecule has 0 aromatic heterocycles. The van der Waals surface area contributed by atoms with E-state index in [1.54, 1.807) is 0 Å². The lowest BCUT2D eigenvalue weighted by molar-refractivity contribution is -0.143. The molecule has 1 heterocycles. The summed E-state index contributed by atoms with van der Waals surface area (Å²) in [5.41, 5.74) is 0. The number of hydrogen-bond acceptors (Lipinski definition) is 5. The zero-order chi connectivity index (χ0) is 28.7. The van der Waals surface area contributed by atoms with E-state index in [1.807, 2.05) is 20.8 Å². The summed E-state index contributed by atoms with van der Waals surface area (Å²) in [5.74, 6) is -2.18. The highest BCUT2D eigenvalue weighted by molar-refractivity contribution is 6.38. The van der Waals surface area contributed by atoms with Crippen LogP contribution in [0, 0.1) is 5.92 Å². The summed E-state index contributed by atoms with van der Waals surface area (Å²) in [4.78, 5) is 65.5. The lowest BCUT2D eigenvalue weighted by Gasteiger charge is -2.32. The zero-order valence-corrected chi connectivity index (χ0v) is 23.9. The van der Waals surface area contributed by atoms with Crippen molar-refractivity contribution in [1.29, 1.82) is 0 Å². The molecule has 1 aliphatic carbocycles. The van der Waals surface area contributed by atoms with Gasteiger partial charge >= 0.3 is 6.03 Å². The van der Waals surface area contributed by atoms with Crippen LogP contribution in [0.3, 0.4) is 0 Å². The number of carbonyl (C=O) groups excluding carboxylic acids is 5. The van der Waals surface area contributed by atoms with E-state index in [2.05, 4.69) is 41.7 Å². The number of urea groups is 1. The molecule has 1 saturated heterocycles. The molecular formula is C28H49N5O5. The van der Waals surface area contributed by atoms with Crippen molar-refractivity contribution in [2.24, 2.45) is 5.92 Å². The normalized spacial score (nSPS) is 18.6.